The van der Waals surface area contributed by atoms with Crippen molar-refractivity contribution in [1.29, 1.82) is 0 Å². The summed E-state index contributed by atoms with van der Waals surface area (Å²) in [7, 11) is 3.16. The Morgan fingerprint density at radius 3 is 2.69 bits per heavy atom. The first-order chi connectivity index (χ1) is 15.5. The number of nitrogens with two attached hydrogens (primary N) is 1. The topological polar surface area (TPSA) is 141 Å². The zero-order chi connectivity index (χ0) is 22.7. The first-order valence-electron chi connectivity index (χ1n) is 9.72. The Hall–Kier alpha value is -4.47. The Balaban J connectivity index is 1.71. The number of H-pyrrole nitrogens is 1. The number of aryl methyl sites for hydroxylation is 1. The quantitative estimate of drug-likeness (QED) is 0.422. The zero-order valence-electron chi connectivity index (χ0n) is 17.5. The van der Waals surface area contributed by atoms with E-state index in [2.05, 4.69) is 25.3 Å². The summed E-state index contributed by atoms with van der Waals surface area (Å²) >= 11 is 0. The van der Waals surface area contributed by atoms with Crippen LogP contribution in [0.5, 0.6) is 5.88 Å². The van der Waals surface area contributed by atoms with Crippen molar-refractivity contribution in [2.45, 2.75) is 6.54 Å². The molecule has 0 aliphatic carbocycles. The maximum absolute atomic E-state index is 12.9. The first-order valence-corrected chi connectivity index (χ1v) is 9.72. The lowest BCUT2D eigenvalue weighted by Gasteiger charge is -2.13. The van der Waals surface area contributed by atoms with E-state index in [1.54, 1.807) is 43.7 Å². The van der Waals surface area contributed by atoms with Gasteiger partial charge in [0.15, 0.2) is 11.5 Å². The van der Waals surface area contributed by atoms with Crippen LogP contribution in [0.15, 0.2) is 59.7 Å². The van der Waals surface area contributed by atoms with Gasteiger partial charge in [0.25, 0.3) is 5.91 Å². The number of methoxy groups -OCH3 is 1. The van der Waals surface area contributed by atoms with Gasteiger partial charge in [-0.2, -0.15) is 0 Å². The van der Waals surface area contributed by atoms with E-state index in [9.17, 15) is 9.59 Å². The van der Waals surface area contributed by atoms with Gasteiger partial charge in [-0.05, 0) is 24.3 Å². The number of carbonyl (C=O) groups is 1. The monoisotopic (exact) mass is 431 g/mol. The second kappa shape index (κ2) is 8.72. The number of hydrogen-bond acceptors (Lipinski definition) is 7. The average molecular weight is 431 g/mol. The average Bonchev–Trinajstić information content (AvgIpc) is 3.34. The highest BCUT2D eigenvalue weighted by molar-refractivity contribution is 5.97. The molecule has 0 radical (unpaired) electrons. The van der Waals surface area contributed by atoms with Crippen molar-refractivity contribution in [1.82, 2.24) is 29.8 Å². The molecular weight excluding hydrogens is 410 g/mol. The molecule has 4 aromatic heterocycles. The van der Waals surface area contributed by atoms with Gasteiger partial charge in [0.05, 0.1) is 25.0 Å². The van der Waals surface area contributed by atoms with E-state index in [4.69, 9.17) is 10.5 Å². The summed E-state index contributed by atoms with van der Waals surface area (Å²) in [6.45, 7) is 0.157. The lowest BCUT2D eigenvalue weighted by Crippen LogP contribution is -2.26. The first kappa shape index (κ1) is 20.8. The number of carbonyl (C=O) groups excluding carboxylic acids is 1. The smallest absolute Gasteiger partial charge is 0.274 e. The van der Waals surface area contributed by atoms with Crippen molar-refractivity contribution in [2.75, 3.05) is 12.8 Å². The number of ether oxygens (including phenoxy) is 1. The van der Waals surface area contributed by atoms with E-state index in [0.717, 1.165) is 0 Å². The van der Waals surface area contributed by atoms with Gasteiger partial charge < -0.3 is 25.3 Å². The Labute approximate surface area is 183 Å². The summed E-state index contributed by atoms with van der Waals surface area (Å²) in [4.78, 5) is 41.0. The second-order valence-corrected chi connectivity index (χ2v) is 6.96. The molecule has 32 heavy (non-hydrogen) atoms. The number of hydrogen-bond donors (Lipinski definition) is 3. The maximum Gasteiger partial charge on any atom is 0.274 e. The number of anilines is 1. The summed E-state index contributed by atoms with van der Waals surface area (Å²) in [5.74, 6) is -0.0636. The van der Waals surface area contributed by atoms with Crippen LogP contribution in [0.25, 0.3) is 22.6 Å². The standard InChI is InChI=1S/C22H21N7O3/c1-29-12-13(8-9-17(29)30)18-19(15-6-4-10-24-15)28-21(23)20(27-18)22(31)25-11-14-5-3-7-16(26-14)32-2/h3-10,12,24H,11H2,1-2H3,(H2,23,28)(H,25,31). The molecule has 10 nitrogen and oxygen atoms in total. The molecular formula is C22H21N7O3. The van der Waals surface area contributed by atoms with Crippen molar-refractivity contribution in [2.24, 2.45) is 7.05 Å². The maximum atomic E-state index is 12.9. The predicted octanol–water partition coefficient (Wildman–Crippen LogP) is 1.75. The van der Waals surface area contributed by atoms with E-state index in [1.807, 2.05) is 12.1 Å². The molecule has 0 saturated carbocycles. The van der Waals surface area contributed by atoms with Gasteiger partial charge in [-0.25, -0.2) is 15.0 Å². The highest BCUT2D eigenvalue weighted by Crippen LogP contribution is 2.29. The van der Waals surface area contributed by atoms with Crippen LogP contribution in [-0.2, 0) is 13.6 Å². The molecule has 0 atom stereocenters. The summed E-state index contributed by atoms with van der Waals surface area (Å²) in [5, 5.41) is 2.76. The van der Waals surface area contributed by atoms with Gasteiger partial charge in [-0.3, -0.25) is 9.59 Å². The number of nitrogens with zero attached hydrogens (tertiary/aromatic N) is 4. The van der Waals surface area contributed by atoms with Gasteiger partial charge in [0.2, 0.25) is 11.4 Å². The fourth-order valence-corrected chi connectivity index (χ4v) is 3.14. The van der Waals surface area contributed by atoms with Crippen LogP contribution in [0.2, 0.25) is 0 Å². The number of amides is 1. The van der Waals surface area contributed by atoms with Crippen LogP contribution in [0.3, 0.4) is 0 Å². The third kappa shape index (κ3) is 4.19. The minimum Gasteiger partial charge on any atom is -0.481 e. The zero-order valence-corrected chi connectivity index (χ0v) is 17.5. The molecule has 0 aromatic carbocycles. The van der Waals surface area contributed by atoms with E-state index in [-0.39, 0.29) is 23.6 Å². The molecule has 162 valence electrons. The predicted molar refractivity (Wildman–Crippen MR) is 119 cm³/mol. The summed E-state index contributed by atoms with van der Waals surface area (Å²) in [6, 6.07) is 12.0. The van der Waals surface area contributed by atoms with Gasteiger partial charge >= 0.3 is 0 Å². The van der Waals surface area contributed by atoms with E-state index in [1.165, 1.54) is 17.7 Å². The minimum atomic E-state index is -0.497. The van der Waals surface area contributed by atoms with Crippen LogP contribution >= 0.6 is 0 Å². The molecule has 0 unspecified atom stereocenters. The molecule has 0 saturated heterocycles. The van der Waals surface area contributed by atoms with Crippen molar-refractivity contribution >= 4 is 11.7 Å². The van der Waals surface area contributed by atoms with E-state index in [0.29, 0.717) is 34.2 Å². The van der Waals surface area contributed by atoms with Crippen molar-refractivity contribution in [3.63, 3.8) is 0 Å². The molecule has 0 fully saturated rings. The van der Waals surface area contributed by atoms with Crippen LogP contribution < -0.4 is 21.3 Å². The summed E-state index contributed by atoms with van der Waals surface area (Å²) in [6.07, 6.45) is 3.39. The molecule has 10 heteroatoms. The number of nitrogen functional groups attached to an aromatic ring is 1. The molecule has 0 aliphatic heterocycles. The normalized spacial score (nSPS) is 10.7. The molecule has 4 heterocycles. The highest BCUT2D eigenvalue weighted by atomic mass is 16.5. The van der Waals surface area contributed by atoms with Crippen LogP contribution in [-0.4, -0.2) is 37.5 Å². The van der Waals surface area contributed by atoms with Crippen molar-refractivity contribution in [3.8, 4) is 28.5 Å². The number of rotatable bonds is 6. The van der Waals surface area contributed by atoms with Gasteiger partial charge in [0.1, 0.15) is 11.4 Å². The van der Waals surface area contributed by atoms with Crippen LogP contribution in [0, 0.1) is 0 Å². The van der Waals surface area contributed by atoms with Gasteiger partial charge in [0, 0.05) is 37.1 Å². The van der Waals surface area contributed by atoms with E-state index < -0.39 is 5.91 Å². The second-order valence-electron chi connectivity index (χ2n) is 6.96. The largest absolute Gasteiger partial charge is 0.481 e. The Morgan fingerprint density at radius 2 is 1.97 bits per heavy atom. The molecule has 1 amide bonds. The number of nitrogens with one attached hydrogen (secondary N) is 2. The molecule has 0 bridgehead atoms. The van der Waals surface area contributed by atoms with Gasteiger partial charge in [-0.1, -0.05) is 6.07 Å². The number of aromatic nitrogens is 5. The summed E-state index contributed by atoms with van der Waals surface area (Å²) < 4.78 is 6.53. The number of pyridine rings is 2. The van der Waals surface area contributed by atoms with Gasteiger partial charge in [-0.15, -0.1) is 0 Å². The highest BCUT2D eigenvalue weighted by Gasteiger charge is 2.20. The SMILES string of the molecule is COc1cccc(CNC(=O)c2nc(-c3ccc(=O)n(C)c3)c(-c3ccc[nH]3)nc2N)n1. The Bertz CT molecular complexity index is 1330. The third-order valence-electron chi connectivity index (χ3n) is 4.77. The van der Waals surface area contributed by atoms with Crippen LogP contribution in [0.1, 0.15) is 16.2 Å². The molecule has 4 N–H and O–H groups in total. The summed E-state index contributed by atoms with van der Waals surface area (Å²) in [5.41, 5.74) is 8.72. The fourth-order valence-electron chi connectivity index (χ4n) is 3.14. The Kier molecular flexibility index (Phi) is 5.67. The van der Waals surface area contributed by atoms with Crippen molar-refractivity contribution in [3.05, 3.63) is 76.6 Å². The number of aromatic amines is 1. The van der Waals surface area contributed by atoms with Crippen molar-refractivity contribution < 1.29 is 9.53 Å². The lowest BCUT2D eigenvalue weighted by molar-refractivity contribution is 0.0946. The molecule has 0 aliphatic rings. The minimum absolute atomic E-state index is 0.0146. The van der Waals surface area contributed by atoms with Crippen LogP contribution in [0.4, 0.5) is 5.82 Å². The third-order valence-corrected chi connectivity index (χ3v) is 4.77. The van der Waals surface area contributed by atoms with E-state index >= 15 is 0 Å². The molecule has 4 rings (SSSR count). The molecule has 4 aromatic rings. The fraction of sp³-hybridized carbons (Fsp3) is 0.136. The lowest BCUT2D eigenvalue weighted by atomic mass is 10.1. The molecule has 0 spiro atoms. The Morgan fingerprint density at radius 1 is 1.12 bits per heavy atom.